The van der Waals surface area contributed by atoms with Gasteiger partial charge in [0.2, 0.25) is 0 Å². The van der Waals surface area contributed by atoms with Gasteiger partial charge in [0.05, 0.1) is 0 Å². The smallest absolute Gasteiger partial charge is 0.126 e. The van der Waals surface area contributed by atoms with Crippen molar-refractivity contribution in [3.8, 4) is 0 Å². The molecule has 0 saturated heterocycles. The second-order valence-electron chi connectivity index (χ2n) is 4.92. The minimum absolute atomic E-state index is 0.0294. The highest BCUT2D eigenvalue weighted by Crippen LogP contribution is 2.17. The first-order valence-corrected chi connectivity index (χ1v) is 7.02. The number of rotatable bonds is 5. The van der Waals surface area contributed by atoms with Crippen LogP contribution >= 0.6 is 11.6 Å². The third-order valence-corrected chi connectivity index (χ3v) is 3.64. The molecule has 0 aliphatic carbocycles. The molecule has 0 aliphatic heterocycles. The average Bonchev–Trinajstić information content (AvgIpc) is 2.41. The second kappa shape index (κ2) is 6.72. The quantitative estimate of drug-likeness (QED) is 0.680. The topological polar surface area (TPSA) is 0 Å². The lowest BCUT2D eigenvalue weighted by molar-refractivity contribution is 0.601. The zero-order valence-electron chi connectivity index (χ0n) is 11.1. The van der Waals surface area contributed by atoms with E-state index in [2.05, 4.69) is 31.2 Å². The Morgan fingerprint density at radius 2 is 1.74 bits per heavy atom. The van der Waals surface area contributed by atoms with Gasteiger partial charge in [-0.15, -0.1) is 11.6 Å². The number of aryl methyl sites for hydroxylation is 2. The number of halogens is 2. The maximum atomic E-state index is 13.5. The fraction of sp³-hybridized carbons (Fsp3) is 0.294. The van der Waals surface area contributed by atoms with Gasteiger partial charge in [-0.25, -0.2) is 4.39 Å². The van der Waals surface area contributed by atoms with E-state index in [0.29, 0.717) is 12.0 Å². The van der Waals surface area contributed by atoms with Crippen LogP contribution in [0.5, 0.6) is 0 Å². The van der Waals surface area contributed by atoms with Crippen molar-refractivity contribution < 1.29 is 4.39 Å². The van der Waals surface area contributed by atoms with Crippen molar-refractivity contribution in [2.45, 2.75) is 31.6 Å². The molecule has 19 heavy (non-hydrogen) atoms. The minimum Gasteiger partial charge on any atom is -0.207 e. The molecule has 1 unspecified atom stereocenters. The average molecular weight is 277 g/mol. The van der Waals surface area contributed by atoms with Gasteiger partial charge in [-0.2, -0.15) is 0 Å². The predicted octanol–water partition coefficient (Wildman–Crippen LogP) is 4.92. The van der Waals surface area contributed by atoms with Crippen LogP contribution in [-0.2, 0) is 12.8 Å². The van der Waals surface area contributed by atoms with E-state index in [1.54, 1.807) is 12.1 Å². The minimum atomic E-state index is -0.163. The molecule has 0 nitrogen and oxygen atoms in total. The van der Waals surface area contributed by atoms with Crippen LogP contribution in [0.15, 0.2) is 48.5 Å². The van der Waals surface area contributed by atoms with Crippen molar-refractivity contribution in [2.75, 3.05) is 0 Å². The van der Waals surface area contributed by atoms with Crippen LogP contribution < -0.4 is 0 Å². The van der Waals surface area contributed by atoms with E-state index in [1.165, 1.54) is 17.2 Å². The van der Waals surface area contributed by atoms with E-state index < -0.39 is 0 Å². The summed E-state index contributed by atoms with van der Waals surface area (Å²) in [6.45, 7) is 2.08. The summed E-state index contributed by atoms with van der Waals surface area (Å²) >= 11 is 6.30. The fourth-order valence-electron chi connectivity index (χ4n) is 2.08. The summed E-state index contributed by atoms with van der Waals surface area (Å²) in [4.78, 5) is 0. The standard InChI is InChI=1S/C17H18ClF/c1-13-6-8-14(9-7-13)10-11-16(18)12-15-4-2-3-5-17(15)19/h2-9,16H,10-12H2,1H3. The van der Waals surface area contributed by atoms with Crippen molar-refractivity contribution >= 4 is 11.6 Å². The van der Waals surface area contributed by atoms with Crippen LogP contribution in [0.2, 0.25) is 0 Å². The molecule has 0 radical (unpaired) electrons. The largest absolute Gasteiger partial charge is 0.207 e. The summed E-state index contributed by atoms with van der Waals surface area (Å²) in [6.07, 6.45) is 2.38. The van der Waals surface area contributed by atoms with Gasteiger partial charge >= 0.3 is 0 Å². The van der Waals surface area contributed by atoms with Crippen molar-refractivity contribution in [1.82, 2.24) is 0 Å². The highest BCUT2D eigenvalue weighted by Gasteiger charge is 2.09. The molecule has 0 bridgehead atoms. The van der Waals surface area contributed by atoms with Gasteiger partial charge < -0.3 is 0 Å². The summed E-state index contributed by atoms with van der Waals surface area (Å²) in [5.74, 6) is -0.163. The van der Waals surface area contributed by atoms with Gasteiger partial charge in [0.25, 0.3) is 0 Å². The van der Waals surface area contributed by atoms with Crippen LogP contribution in [0.25, 0.3) is 0 Å². The molecule has 2 rings (SSSR count). The zero-order valence-corrected chi connectivity index (χ0v) is 11.8. The Morgan fingerprint density at radius 1 is 1.05 bits per heavy atom. The Hall–Kier alpha value is -1.34. The molecule has 2 aromatic carbocycles. The SMILES string of the molecule is Cc1ccc(CCC(Cl)Cc2ccccc2F)cc1. The molecule has 0 fully saturated rings. The van der Waals surface area contributed by atoms with E-state index in [-0.39, 0.29) is 11.2 Å². The summed E-state index contributed by atoms with van der Waals surface area (Å²) in [5, 5.41) is -0.0294. The molecule has 0 heterocycles. The van der Waals surface area contributed by atoms with E-state index in [1.807, 2.05) is 6.07 Å². The summed E-state index contributed by atoms with van der Waals surface area (Å²) in [6, 6.07) is 15.3. The number of hydrogen-bond acceptors (Lipinski definition) is 0. The van der Waals surface area contributed by atoms with E-state index >= 15 is 0 Å². The predicted molar refractivity (Wildman–Crippen MR) is 79.2 cm³/mol. The molecule has 2 aromatic rings. The van der Waals surface area contributed by atoms with Crippen LogP contribution in [0, 0.1) is 12.7 Å². The van der Waals surface area contributed by atoms with Crippen molar-refractivity contribution in [3.63, 3.8) is 0 Å². The monoisotopic (exact) mass is 276 g/mol. The van der Waals surface area contributed by atoms with Gasteiger partial charge in [-0.1, -0.05) is 48.0 Å². The molecule has 0 aromatic heterocycles. The molecular weight excluding hydrogens is 259 g/mol. The highest BCUT2D eigenvalue weighted by atomic mass is 35.5. The zero-order chi connectivity index (χ0) is 13.7. The molecule has 0 spiro atoms. The Bertz CT molecular complexity index is 519. The normalized spacial score (nSPS) is 12.4. The molecule has 0 amide bonds. The molecule has 1 atom stereocenters. The third-order valence-electron chi connectivity index (χ3n) is 3.27. The van der Waals surface area contributed by atoms with Crippen molar-refractivity contribution in [2.24, 2.45) is 0 Å². The van der Waals surface area contributed by atoms with E-state index in [4.69, 9.17) is 11.6 Å². The molecule has 0 N–H and O–H groups in total. The lowest BCUT2D eigenvalue weighted by Gasteiger charge is -2.10. The highest BCUT2D eigenvalue weighted by molar-refractivity contribution is 6.20. The van der Waals surface area contributed by atoms with Gasteiger partial charge in [0.1, 0.15) is 5.82 Å². The molecule has 2 heteroatoms. The van der Waals surface area contributed by atoms with Crippen LogP contribution in [0.1, 0.15) is 23.1 Å². The fourth-order valence-corrected chi connectivity index (χ4v) is 2.36. The molecular formula is C17H18ClF. The third kappa shape index (κ3) is 4.36. The van der Waals surface area contributed by atoms with Crippen LogP contribution in [0.3, 0.4) is 0 Å². The summed E-state index contributed by atoms with van der Waals surface area (Å²) < 4.78 is 13.5. The van der Waals surface area contributed by atoms with Gasteiger partial charge in [-0.05, 0) is 43.4 Å². The van der Waals surface area contributed by atoms with Crippen molar-refractivity contribution in [3.05, 3.63) is 71.0 Å². The Labute approximate surface area is 119 Å². The maximum Gasteiger partial charge on any atom is 0.126 e. The van der Waals surface area contributed by atoms with Gasteiger partial charge in [-0.3, -0.25) is 0 Å². The van der Waals surface area contributed by atoms with E-state index in [0.717, 1.165) is 12.8 Å². The molecule has 0 saturated carbocycles. The van der Waals surface area contributed by atoms with Gasteiger partial charge in [0, 0.05) is 5.38 Å². The van der Waals surface area contributed by atoms with Crippen LogP contribution in [0.4, 0.5) is 4.39 Å². The number of benzene rings is 2. The first-order valence-electron chi connectivity index (χ1n) is 6.58. The lowest BCUT2D eigenvalue weighted by Crippen LogP contribution is -2.06. The summed E-state index contributed by atoms with van der Waals surface area (Å²) in [5.41, 5.74) is 3.24. The molecule has 100 valence electrons. The Morgan fingerprint density at radius 3 is 2.42 bits per heavy atom. The first-order chi connectivity index (χ1) is 9.15. The Kier molecular flexibility index (Phi) is 4.98. The summed E-state index contributed by atoms with van der Waals surface area (Å²) in [7, 11) is 0. The lowest BCUT2D eigenvalue weighted by atomic mass is 10.0. The molecule has 0 aliphatic rings. The Balaban J connectivity index is 1.86. The first kappa shape index (κ1) is 14.1. The van der Waals surface area contributed by atoms with Crippen molar-refractivity contribution in [1.29, 1.82) is 0 Å². The van der Waals surface area contributed by atoms with Crippen LogP contribution in [-0.4, -0.2) is 5.38 Å². The number of alkyl halides is 1. The van der Waals surface area contributed by atoms with Gasteiger partial charge in [0.15, 0.2) is 0 Å². The second-order valence-corrected chi connectivity index (χ2v) is 5.53. The maximum absolute atomic E-state index is 13.5. The number of hydrogen-bond donors (Lipinski definition) is 0. The van der Waals surface area contributed by atoms with E-state index in [9.17, 15) is 4.39 Å².